The number of nitrogens with one attached hydrogen (secondary N) is 3. The number of hydrogen-bond acceptors (Lipinski definition) is 4. The van der Waals surface area contributed by atoms with Crippen molar-refractivity contribution in [1.82, 2.24) is 10.6 Å². The Morgan fingerprint density at radius 1 is 0.931 bits per heavy atom. The van der Waals surface area contributed by atoms with E-state index < -0.39 is 26.6 Å². The maximum atomic E-state index is 13.3. The summed E-state index contributed by atoms with van der Waals surface area (Å²) in [6.07, 6.45) is 0. The summed E-state index contributed by atoms with van der Waals surface area (Å²) in [4.78, 5) is 23.1. The van der Waals surface area contributed by atoms with Gasteiger partial charge in [-0.3, -0.25) is 14.3 Å². The first-order chi connectivity index (χ1) is 13.6. The van der Waals surface area contributed by atoms with Gasteiger partial charge in [0, 0.05) is 30.3 Å². The molecule has 29 heavy (non-hydrogen) atoms. The van der Waals surface area contributed by atoms with E-state index in [1.54, 1.807) is 13.8 Å². The van der Waals surface area contributed by atoms with Crippen LogP contribution in [0.4, 0.5) is 14.5 Å². The average Bonchev–Trinajstić information content (AvgIpc) is 2.67. The summed E-state index contributed by atoms with van der Waals surface area (Å²) in [5.74, 6) is -3.07. The fourth-order valence-corrected chi connectivity index (χ4v) is 3.29. The molecular formula is C19H21F2N3O4S. The first-order valence-electron chi connectivity index (χ1n) is 8.74. The molecule has 0 bridgehead atoms. The Morgan fingerprint density at radius 3 is 2.14 bits per heavy atom. The largest absolute Gasteiger partial charge is 0.354 e. The highest BCUT2D eigenvalue weighted by molar-refractivity contribution is 7.92. The van der Waals surface area contributed by atoms with Crippen LogP contribution < -0.4 is 15.4 Å². The van der Waals surface area contributed by atoms with Crippen LogP contribution in [0.5, 0.6) is 0 Å². The summed E-state index contributed by atoms with van der Waals surface area (Å²) in [5, 5.41) is 5.30. The van der Waals surface area contributed by atoms with E-state index in [1.165, 1.54) is 24.3 Å². The third-order valence-electron chi connectivity index (χ3n) is 3.83. The highest BCUT2D eigenvalue weighted by atomic mass is 32.2. The highest BCUT2D eigenvalue weighted by Gasteiger charge is 2.17. The van der Waals surface area contributed by atoms with Crippen LogP contribution >= 0.6 is 0 Å². The molecule has 2 amide bonds. The molecule has 7 nitrogen and oxygen atoms in total. The van der Waals surface area contributed by atoms with Gasteiger partial charge in [0.1, 0.15) is 0 Å². The fourth-order valence-electron chi connectivity index (χ4n) is 2.22. The third kappa shape index (κ3) is 6.24. The minimum Gasteiger partial charge on any atom is -0.354 e. The van der Waals surface area contributed by atoms with Crippen molar-refractivity contribution in [2.75, 3.05) is 17.8 Å². The van der Waals surface area contributed by atoms with Gasteiger partial charge in [0.2, 0.25) is 5.91 Å². The van der Waals surface area contributed by atoms with Crippen LogP contribution in [-0.2, 0) is 14.8 Å². The molecule has 0 aromatic heterocycles. The van der Waals surface area contributed by atoms with E-state index in [1.807, 2.05) is 0 Å². The van der Waals surface area contributed by atoms with Crippen LogP contribution in [0.3, 0.4) is 0 Å². The molecule has 0 aliphatic rings. The Hall–Kier alpha value is -3.01. The van der Waals surface area contributed by atoms with Gasteiger partial charge in [-0.2, -0.15) is 0 Å². The van der Waals surface area contributed by atoms with Crippen LogP contribution in [0.25, 0.3) is 0 Å². The zero-order valence-corrected chi connectivity index (χ0v) is 16.6. The van der Waals surface area contributed by atoms with Crippen molar-refractivity contribution in [3.8, 4) is 0 Å². The smallest absolute Gasteiger partial charge is 0.261 e. The van der Waals surface area contributed by atoms with E-state index >= 15 is 0 Å². The molecule has 0 heterocycles. The van der Waals surface area contributed by atoms with Crippen molar-refractivity contribution in [1.29, 1.82) is 0 Å². The molecule has 0 radical (unpaired) electrons. The van der Waals surface area contributed by atoms with E-state index in [0.29, 0.717) is 6.07 Å². The number of amides is 2. The summed E-state index contributed by atoms with van der Waals surface area (Å²) < 4.78 is 53.0. The molecule has 2 aromatic rings. The number of carbonyl (C=O) groups is 2. The lowest BCUT2D eigenvalue weighted by atomic mass is 10.2. The number of rotatable bonds is 8. The van der Waals surface area contributed by atoms with Gasteiger partial charge in [-0.25, -0.2) is 17.2 Å². The van der Waals surface area contributed by atoms with E-state index in [9.17, 15) is 26.8 Å². The molecule has 0 aliphatic heterocycles. The number of carbonyl (C=O) groups excluding carboxylic acids is 2. The third-order valence-corrected chi connectivity index (χ3v) is 5.21. The minimum absolute atomic E-state index is 0.114. The average molecular weight is 425 g/mol. The Balaban J connectivity index is 1.94. The van der Waals surface area contributed by atoms with Crippen molar-refractivity contribution < 1.29 is 26.8 Å². The molecule has 156 valence electrons. The predicted octanol–water partition coefficient (Wildman–Crippen LogP) is 2.27. The second kappa shape index (κ2) is 9.46. The van der Waals surface area contributed by atoms with Crippen LogP contribution in [0.1, 0.15) is 24.2 Å². The van der Waals surface area contributed by atoms with Crippen LogP contribution in [-0.4, -0.2) is 33.3 Å². The molecule has 0 saturated heterocycles. The molecule has 2 aromatic carbocycles. The van der Waals surface area contributed by atoms with Crippen molar-refractivity contribution in [2.45, 2.75) is 18.7 Å². The first-order valence-corrected chi connectivity index (χ1v) is 10.2. The van der Waals surface area contributed by atoms with E-state index in [4.69, 9.17) is 0 Å². The van der Waals surface area contributed by atoms with E-state index in [-0.39, 0.29) is 42.1 Å². The lowest BCUT2D eigenvalue weighted by Crippen LogP contribution is -2.36. The van der Waals surface area contributed by atoms with Crippen molar-refractivity contribution in [3.05, 3.63) is 59.7 Å². The second-order valence-electron chi connectivity index (χ2n) is 6.46. The zero-order chi connectivity index (χ0) is 21.6. The van der Waals surface area contributed by atoms with Gasteiger partial charge in [0.05, 0.1) is 4.90 Å². The number of anilines is 1. The van der Waals surface area contributed by atoms with E-state index in [2.05, 4.69) is 15.4 Å². The van der Waals surface area contributed by atoms with Gasteiger partial charge >= 0.3 is 0 Å². The summed E-state index contributed by atoms with van der Waals surface area (Å²) >= 11 is 0. The molecule has 0 saturated carbocycles. The normalized spacial score (nSPS) is 11.2. The maximum absolute atomic E-state index is 13.3. The molecule has 0 atom stereocenters. The minimum atomic E-state index is -4.12. The van der Waals surface area contributed by atoms with Gasteiger partial charge < -0.3 is 10.6 Å². The van der Waals surface area contributed by atoms with Crippen LogP contribution in [0, 0.1) is 17.6 Å². The van der Waals surface area contributed by atoms with Crippen LogP contribution in [0.2, 0.25) is 0 Å². The molecule has 3 N–H and O–H groups in total. The molecule has 2 rings (SSSR count). The van der Waals surface area contributed by atoms with Crippen molar-refractivity contribution in [3.63, 3.8) is 0 Å². The van der Waals surface area contributed by atoms with Gasteiger partial charge in [-0.05, 0) is 42.5 Å². The molecule has 0 unspecified atom stereocenters. The van der Waals surface area contributed by atoms with Gasteiger partial charge in [-0.1, -0.05) is 13.8 Å². The Labute approximate surface area is 167 Å². The van der Waals surface area contributed by atoms with Crippen molar-refractivity contribution in [2.24, 2.45) is 5.92 Å². The van der Waals surface area contributed by atoms with Gasteiger partial charge in [-0.15, -0.1) is 0 Å². The molecule has 10 heteroatoms. The highest BCUT2D eigenvalue weighted by Crippen LogP contribution is 2.18. The summed E-state index contributed by atoms with van der Waals surface area (Å²) in [7, 11) is -4.12. The Morgan fingerprint density at radius 2 is 1.55 bits per heavy atom. The number of sulfonamides is 1. The summed E-state index contributed by atoms with van der Waals surface area (Å²) in [6, 6.07) is 7.80. The predicted molar refractivity (Wildman–Crippen MR) is 104 cm³/mol. The maximum Gasteiger partial charge on any atom is 0.261 e. The zero-order valence-electron chi connectivity index (χ0n) is 15.8. The molecule has 0 spiro atoms. The van der Waals surface area contributed by atoms with Crippen LogP contribution in [0.15, 0.2) is 47.4 Å². The van der Waals surface area contributed by atoms with Gasteiger partial charge in [0.25, 0.3) is 15.9 Å². The quantitative estimate of drug-likeness (QED) is 0.565. The fraction of sp³-hybridized carbons (Fsp3) is 0.263. The SMILES string of the molecule is CC(C)C(=O)NCCNC(=O)c1ccc(NS(=O)(=O)c2ccc(F)c(F)c2)cc1. The molecule has 0 aliphatic carbocycles. The van der Waals surface area contributed by atoms with Gasteiger partial charge in [0.15, 0.2) is 11.6 Å². The second-order valence-corrected chi connectivity index (χ2v) is 8.14. The Kier molecular flexibility index (Phi) is 7.27. The Bertz CT molecular complexity index is 993. The standard InChI is InChI=1S/C19H21F2N3O4S/c1-12(2)18(25)22-9-10-23-19(26)13-3-5-14(6-4-13)24-29(27,28)15-7-8-16(20)17(21)11-15/h3-8,11-12,24H,9-10H2,1-2H3,(H,22,25)(H,23,26). The summed E-state index contributed by atoms with van der Waals surface area (Å²) in [6.45, 7) is 4.04. The lowest BCUT2D eigenvalue weighted by molar-refractivity contribution is -0.123. The summed E-state index contributed by atoms with van der Waals surface area (Å²) in [5.41, 5.74) is 0.437. The number of halogens is 2. The monoisotopic (exact) mass is 425 g/mol. The molecular weight excluding hydrogens is 404 g/mol. The first kappa shape index (κ1) is 22.3. The topological polar surface area (TPSA) is 104 Å². The number of benzene rings is 2. The van der Waals surface area contributed by atoms with E-state index in [0.717, 1.165) is 12.1 Å². The lowest BCUT2D eigenvalue weighted by Gasteiger charge is -2.10. The molecule has 0 fully saturated rings. The van der Waals surface area contributed by atoms with Crippen molar-refractivity contribution >= 4 is 27.5 Å². The number of hydrogen-bond donors (Lipinski definition) is 3.